The molecule has 622 valence electrons. The minimum atomic E-state index is -0.138. The summed E-state index contributed by atoms with van der Waals surface area (Å²) < 4.78 is 12.0. The van der Waals surface area contributed by atoms with Crippen molar-refractivity contribution in [3.05, 3.63) is 452 Å². The number of benzene rings is 20. The van der Waals surface area contributed by atoms with Crippen molar-refractivity contribution in [2.45, 2.75) is 57.8 Å². The van der Waals surface area contributed by atoms with Crippen molar-refractivity contribution < 1.29 is 0 Å². The van der Waals surface area contributed by atoms with Crippen molar-refractivity contribution in [1.82, 2.24) is 32.8 Å². The predicted octanol–water partition coefficient (Wildman–Crippen LogP) is 32.5. The number of rotatable bonds is 6. The lowest BCUT2D eigenvalue weighted by Crippen LogP contribution is -2.23. The van der Waals surface area contributed by atoms with Crippen LogP contribution in [-0.2, 0) is 16.2 Å². The van der Waals surface area contributed by atoms with E-state index in [1.165, 1.54) is 220 Å². The summed E-state index contributed by atoms with van der Waals surface area (Å²) >= 11 is 0. The second-order valence-corrected chi connectivity index (χ2v) is 37.7. The molecule has 7 heteroatoms. The number of aromatic nitrogens is 7. The summed E-state index contributed by atoms with van der Waals surface area (Å²) in [5, 5.41) is 21.9. The highest BCUT2D eigenvalue weighted by atomic mass is 15.2. The van der Waals surface area contributed by atoms with Crippen LogP contribution < -0.4 is 0 Å². The van der Waals surface area contributed by atoms with Gasteiger partial charge in [-0.2, -0.15) is 0 Å². The Morgan fingerprint density at radius 2 is 0.523 bits per heavy atom. The Labute approximate surface area is 762 Å². The zero-order valence-corrected chi connectivity index (χ0v) is 74.0. The first-order valence-corrected chi connectivity index (χ1v) is 46.1. The van der Waals surface area contributed by atoms with Crippen molar-refractivity contribution in [2.24, 2.45) is 0 Å². The normalized spacial score (nSPS) is 13.7. The van der Waals surface area contributed by atoms with Gasteiger partial charge in [0.25, 0.3) is 0 Å². The Morgan fingerprint density at radius 3 is 1.00 bits per heavy atom. The summed E-state index contributed by atoms with van der Waals surface area (Å²) in [5.41, 5.74) is 35.8. The van der Waals surface area contributed by atoms with Crippen LogP contribution in [0.1, 0.15) is 74.9 Å². The van der Waals surface area contributed by atoms with Gasteiger partial charge in [0.2, 0.25) is 5.95 Å². The summed E-state index contributed by atoms with van der Waals surface area (Å²) in [7, 11) is 0. The fraction of sp³-hybridized carbons (Fsp3) is 0.0720. The second-order valence-electron chi connectivity index (χ2n) is 37.7. The maximum absolute atomic E-state index is 5.28. The van der Waals surface area contributed by atoms with Gasteiger partial charge in [-0.3, -0.25) is 4.57 Å². The number of nitrogens with zero attached hydrogens (tertiary/aromatic N) is 7. The molecule has 0 bridgehead atoms. The third kappa shape index (κ3) is 10.6. The lowest BCUT2D eigenvalue weighted by Gasteiger charge is -2.35. The van der Waals surface area contributed by atoms with Gasteiger partial charge in [-0.05, 0) is 208 Å². The van der Waals surface area contributed by atoms with E-state index in [1.807, 2.05) is 6.07 Å². The topological polar surface area (TPSA) is 50.4 Å². The van der Waals surface area contributed by atoms with Crippen LogP contribution in [0.3, 0.4) is 0 Å². The molecular formula is C125H87N7. The van der Waals surface area contributed by atoms with E-state index in [2.05, 4.69) is 477 Å². The SMILES string of the molecule is CC1(C)c2ccc3c(c2-c2cccc4cccc1c24)c1ccccc1n3-c1ccc2c(c1)c1ccccc1n2-c1ccccc1.CC1(C)c2ccc3c(c2-c2cccc4cccc1c24)c1ccccc1n3-c1cccc2c1c1ccccc1n2-c1ccccc1.CC1(C)c2ccc3c(c2-c2cccc4cccc1c24)c1ccccc1n3-c1nc(-c2ccccc2)c2ccccc2n1. The fourth-order valence-electron chi connectivity index (χ4n) is 24.0. The molecule has 0 N–H and O–H groups in total. The molecule has 0 atom stereocenters. The van der Waals surface area contributed by atoms with Gasteiger partial charge in [0.15, 0.2) is 0 Å². The smallest absolute Gasteiger partial charge is 0.235 e. The molecule has 0 spiro atoms. The fourth-order valence-corrected chi connectivity index (χ4v) is 24.0. The quantitative estimate of drug-likeness (QED) is 0.167. The second kappa shape index (κ2) is 28.3. The molecule has 29 rings (SSSR count). The van der Waals surface area contributed by atoms with E-state index < -0.39 is 0 Å². The standard InChI is InChI=1S/2C43H30N2.C39H27N3/c1-43(2)32-20-11-14-27-13-10-19-31(39(27)32)40-33(43)25-26-38-42(40)30-18-7-9-22-35(30)45(38)37-24-12-23-36-41(37)29-17-6-8-21-34(29)44(36)28-15-4-3-5-16-28;1-43(2)34-19-11-13-27-12-10-18-32(40(27)34)41-35(43)23-25-39-42(41)31-17-7-9-21-37(31)45(39)29-22-24-38-33(26-29)30-16-6-8-20-36(30)44(38)28-14-4-3-5-15-28;1-39(2)29-19-11-15-24-14-10-18-28(34(24)29)35-30(39)22-23-33-36(35)27-17-7-9-21-32(27)42(33)38-40-31-20-8-6-16-26(31)37(41-38)25-12-4-3-5-13-25/h2*3-26H,1-2H3;3-23H,1-2H3. The molecule has 0 fully saturated rings. The molecule has 0 saturated heterocycles. The van der Waals surface area contributed by atoms with Gasteiger partial charge in [-0.1, -0.05) is 351 Å². The lowest BCUT2D eigenvalue weighted by atomic mass is 9.68. The van der Waals surface area contributed by atoms with Gasteiger partial charge in [0.1, 0.15) is 0 Å². The van der Waals surface area contributed by atoms with Gasteiger partial charge < -0.3 is 18.3 Å². The Hall–Kier alpha value is -16.5. The summed E-state index contributed by atoms with van der Waals surface area (Å²) in [6.07, 6.45) is 0. The Kier molecular flexibility index (Phi) is 16.2. The van der Waals surface area contributed by atoms with Gasteiger partial charge in [-0.15, -0.1) is 0 Å². The van der Waals surface area contributed by atoms with Crippen molar-refractivity contribution in [3.8, 4) is 73.3 Å². The Bertz CT molecular complexity index is 9420. The summed E-state index contributed by atoms with van der Waals surface area (Å²) in [5.74, 6) is 0.687. The molecule has 0 radical (unpaired) electrons. The highest BCUT2D eigenvalue weighted by Crippen LogP contribution is 2.58. The summed E-state index contributed by atoms with van der Waals surface area (Å²) in [6.45, 7) is 14.3. The van der Waals surface area contributed by atoms with Crippen LogP contribution >= 0.6 is 0 Å². The molecular weight excluding hydrogens is 1600 g/mol. The largest absolute Gasteiger partial charge is 0.309 e. The molecule has 132 heavy (non-hydrogen) atoms. The van der Waals surface area contributed by atoms with Crippen LogP contribution in [0.4, 0.5) is 0 Å². The number of fused-ring (bicyclic) bond motifs is 25. The predicted molar refractivity (Wildman–Crippen MR) is 555 cm³/mol. The van der Waals surface area contributed by atoms with Crippen LogP contribution in [0.25, 0.3) is 226 Å². The van der Waals surface area contributed by atoms with Crippen molar-refractivity contribution in [2.75, 3.05) is 0 Å². The lowest BCUT2D eigenvalue weighted by molar-refractivity contribution is 0.646. The summed E-state index contributed by atoms with van der Waals surface area (Å²) in [6, 6.07) is 153. The third-order valence-corrected chi connectivity index (χ3v) is 29.8. The van der Waals surface area contributed by atoms with E-state index in [-0.39, 0.29) is 16.2 Å². The zero-order valence-electron chi connectivity index (χ0n) is 74.0. The third-order valence-electron chi connectivity index (χ3n) is 29.8. The molecule has 6 heterocycles. The van der Waals surface area contributed by atoms with E-state index in [9.17, 15) is 0 Å². The first-order chi connectivity index (χ1) is 64.8. The molecule has 0 saturated carbocycles. The summed E-state index contributed by atoms with van der Waals surface area (Å²) in [4.78, 5) is 10.5. The highest BCUT2D eigenvalue weighted by Gasteiger charge is 2.40. The van der Waals surface area contributed by atoms with E-state index in [4.69, 9.17) is 9.97 Å². The average Bonchev–Trinajstić information content (AvgIpc) is 1.59. The van der Waals surface area contributed by atoms with E-state index in [1.54, 1.807) is 0 Å². The van der Waals surface area contributed by atoms with Gasteiger partial charge in [0, 0.05) is 98.1 Å². The van der Waals surface area contributed by atoms with Crippen molar-refractivity contribution in [1.29, 1.82) is 0 Å². The first-order valence-electron chi connectivity index (χ1n) is 46.1. The van der Waals surface area contributed by atoms with Crippen LogP contribution in [0.2, 0.25) is 0 Å². The van der Waals surface area contributed by atoms with Crippen molar-refractivity contribution >= 4 is 152 Å². The maximum atomic E-state index is 5.28. The molecule has 0 amide bonds. The molecule has 26 aromatic rings. The molecule has 3 aliphatic rings. The maximum Gasteiger partial charge on any atom is 0.235 e. The van der Waals surface area contributed by atoms with Gasteiger partial charge >= 0.3 is 0 Å². The molecule has 0 aliphatic heterocycles. The minimum absolute atomic E-state index is 0.112. The van der Waals surface area contributed by atoms with Crippen molar-refractivity contribution in [3.63, 3.8) is 0 Å². The van der Waals surface area contributed by atoms with Gasteiger partial charge in [0.05, 0.1) is 72.1 Å². The Balaban J connectivity index is 0.000000101. The van der Waals surface area contributed by atoms with Gasteiger partial charge in [-0.25, -0.2) is 9.97 Å². The van der Waals surface area contributed by atoms with Crippen LogP contribution in [0.15, 0.2) is 419 Å². The minimum Gasteiger partial charge on any atom is -0.309 e. The van der Waals surface area contributed by atoms with Crippen LogP contribution in [-0.4, -0.2) is 32.8 Å². The Morgan fingerprint density at radius 1 is 0.197 bits per heavy atom. The van der Waals surface area contributed by atoms with E-state index in [0.29, 0.717) is 5.95 Å². The zero-order chi connectivity index (χ0) is 87.7. The highest BCUT2D eigenvalue weighted by molar-refractivity contribution is 6.25. The molecule has 20 aromatic carbocycles. The first kappa shape index (κ1) is 75.6. The monoisotopic (exact) mass is 1690 g/mol. The average molecular weight is 1690 g/mol. The molecule has 7 nitrogen and oxygen atoms in total. The number of hydrogen-bond donors (Lipinski definition) is 0. The molecule has 0 unspecified atom stereocenters. The molecule has 3 aliphatic carbocycles. The number of hydrogen-bond acceptors (Lipinski definition) is 2. The van der Waals surface area contributed by atoms with E-state index >= 15 is 0 Å². The van der Waals surface area contributed by atoms with Crippen LogP contribution in [0.5, 0.6) is 0 Å². The van der Waals surface area contributed by atoms with Crippen LogP contribution in [0, 0.1) is 0 Å². The van der Waals surface area contributed by atoms with E-state index in [0.717, 1.165) is 33.2 Å². The number of para-hydroxylation sites is 8. The molecule has 6 aromatic heterocycles.